The summed E-state index contributed by atoms with van der Waals surface area (Å²) in [4.78, 5) is 39.4. The van der Waals surface area contributed by atoms with Crippen molar-refractivity contribution in [3.05, 3.63) is 66.0 Å². The molecule has 3 atom stereocenters. The van der Waals surface area contributed by atoms with Gasteiger partial charge in [-0.05, 0) is 48.6 Å². The fraction of sp³-hybridized carbons (Fsp3) is 0.375. The van der Waals surface area contributed by atoms with Gasteiger partial charge in [0.2, 0.25) is 11.8 Å². The molecule has 1 fully saturated rings. The number of aryl methyl sites for hydroxylation is 1. The first-order chi connectivity index (χ1) is 15.3. The maximum Gasteiger partial charge on any atom is 0.251 e. The monoisotopic (exact) mass is 440 g/mol. The highest BCUT2D eigenvalue weighted by atomic mass is 19.1. The Balaban J connectivity index is 1.62. The van der Waals surface area contributed by atoms with Crippen LogP contribution < -0.4 is 21.3 Å². The Morgan fingerprint density at radius 3 is 2.34 bits per heavy atom. The molecule has 2 aromatic carbocycles. The average molecular weight is 441 g/mol. The zero-order valence-corrected chi connectivity index (χ0v) is 18.3. The van der Waals surface area contributed by atoms with E-state index in [0.717, 1.165) is 5.56 Å². The SMILES string of the molecule is CC(C)C(N)C(=O)NC(CCc1ccccc1)C(=O)NC1CN(c2ccc(F)cc2)C1=O. The van der Waals surface area contributed by atoms with Crippen molar-refractivity contribution in [3.8, 4) is 0 Å². The first-order valence-electron chi connectivity index (χ1n) is 10.7. The van der Waals surface area contributed by atoms with Crippen LogP contribution in [-0.2, 0) is 20.8 Å². The lowest BCUT2D eigenvalue weighted by atomic mass is 10.0. The zero-order valence-electron chi connectivity index (χ0n) is 18.3. The van der Waals surface area contributed by atoms with Gasteiger partial charge in [-0.25, -0.2) is 4.39 Å². The first kappa shape index (κ1) is 23.4. The smallest absolute Gasteiger partial charge is 0.251 e. The molecule has 7 nitrogen and oxygen atoms in total. The molecule has 3 amide bonds. The molecule has 4 N–H and O–H groups in total. The van der Waals surface area contributed by atoms with E-state index < -0.39 is 29.9 Å². The summed E-state index contributed by atoms with van der Waals surface area (Å²) in [6, 6.07) is 13.0. The Kier molecular flexibility index (Phi) is 7.58. The molecular weight excluding hydrogens is 411 g/mol. The van der Waals surface area contributed by atoms with Crippen molar-refractivity contribution in [2.24, 2.45) is 11.7 Å². The van der Waals surface area contributed by atoms with Crippen LogP contribution in [0.5, 0.6) is 0 Å². The minimum absolute atomic E-state index is 0.0784. The van der Waals surface area contributed by atoms with Crippen molar-refractivity contribution in [1.29, 1.82) is 0 Å². The van der Waals surface area contributed by atoms with E-state index in [9.17, 15) is 18.8 Å². The normalized spacial score (nSPS) is 17.5. The van der Waals surface area contributed by atoms with Gasteiger partial charge in [-0.15, -0.1) is 0 Å². The third-order valence-corrected chi connectivity index (χ3v) is 5.60. The van der Waals surface area contributed by atoms with Crippen LogP contribution in [0.4, 0.5) is 10.1 Å². The van der Waals surface area contributed by atoms with Crippen LogP contribution in [0.2, 0.25) is 0 Å². The van der Waals surface area contributed by atoms with E-state index in [1.54, 1.807) is 0 Å². The molecule has 0 saturated carbocycles. The number of nitrogens with zero attached hydrogens (tertiary/aromatic N) is 1. The number of halogens is 1. The predicted molar refractivity (Wildman–Crippen MR) is 120 cm³/mol. The van der Waals surface area contributed by atoms with Crippen molar-refractivity contribution in [2.75, 3.05) is 11.4 Å². The minimum atomic E-state index is -0.819. The van der Waals surface area contributed by atoms with E-state index in [-0.39, 0.29) is 24.2 Å². The van der Waals surface area contributed by atoms with Crippen molar-refractivity contribution in [2.45, 2.75) is 44.8 Å². The summed E-state index contributed by atoms with van der Waals surface area (Å²) in [5.41, 5.74) is 7.54. The molecule has 3 unspecified atom stereocenters. The van der Waals surface area contributed by atoms with E-state index in [1.807, 2.05) is 44.2 Å². The van der Waals surface area contributed by atoms with Crippen molar-refractivity contribution in [1.82, 2.24) is 10.6 Å². The van der Waals surface area contributed by atoms with E-state index >= 15 is 0 Å². The fourth-order valence-corrected chi connectivity index (χ4v) is 3.45. The number of nitrogens with one attached hydrogen (secondary N) is 2. The maximum absolute atomic E-state index is 13.1. The number of carbonyl (C=O) groups is 3. The van der Waals surface area contributed by atoms with Gasteiger partial charge >= 0.3 is 0 Å². The van der Waals surface area contributed by atoms with E-state index in [1.165, 1.54) is 29.2 Å². The van der Waals surface area contributed by atoms with Crippen LogP contribution in [0.3, 0.4) is 0 Å². The summed E-state index contributed by atoms with van der Waals surface area (Å²) in [5.74, 6) is -1.58. The van der Waals surface area contributed by atoms with Crippen LogP contribution in [0.15, 0.2) is 54.6 Å². The highest BCUT2D eigenvalue weighted by Gasteiger charge is 2.40. The van der Waals surface area contributed by atoms with Gasteiger partial charge in [-0.2, -0.15) is 0 Å². The zero-order chi connectivity index (χ0) is 23.3. The largest absolute Gasteiger partial charge is 0.343 e. The van der Waals surface area contributed by atoms with Gasteiger partial charge in [-0.1, -0.05) is 44.2 Å². The molecule has 32 heavy (non-hydrogen) atoms. The number of anilines is 1. The molecule has 0 spiro atoms. The Morgan fingerprint density at radius 2 is 1.75 bits per heavy atom. The fourth-order valence-electron chi connectivity index (χ4n) is 3.45. The van der Waals surface area contributed by atoms with Gasteiger partial charge in [0.1, 0.15) is 17.9 Å². The molecule has 1 aliphatic rings. The number of hydrogen-bond acceptors (Lipinski definition) is 4. The molecule has 2 aromatic rings. The molecular formula is C24H29FN4O3. The lowest BCUT2D eigenvalue weighted by molar-refractivity contribution is -0.133. The van der Waals surface area contributed by atoms with Gasteiger partial charge < -0.3 is 21.3 Å². The number of benzene rings is 2. The molecule has 170 valence electrons. The van der Waals surface area contributed by atoms with Crippen LogP contribution in [-0.4, -0.2) is 42.4 Å². The molecule has 1 saturated heterocycles. The molecule has 8 heteroatoms. The van der Waals surface area contributed by atoms with Gasteiger partial charge in [0.15, 0.2) is 0 Å². The second-order valence-corrected chi connectivity index (χ2v) is 8.34. The summed E-state index contributed by atoms with van der Waals surface area (Å²) in [7, 11) is 0. The van der Waals surface area contributed by atoms with Crippen LogP contribution in [0, 0.1) is 11.7 Å². The quantitative estimate of drug-likeness (QED) is 0.517. The van der Waals surface area contributed by atoms with Crippen molar-refractivity contribution in [3.63, 3.8) is 0 Å². The van der Waals surface area contributed by atoms with Gasteiger partial charge in [0.25, 0.3) is 5.91 Å². The average Bonchev–Trinajstić information content (AvgIpc) is 2.79. The van der Waals surface area contributed by atoms with Crippen molar-refractivity contribution < 1.29 is 18.8 Å². The predicted octanol–water partition coefficient (Wildman–Crippen LogP) is 1.76. The summed E-state index contributed by atoms with van der Waals surface area (Å²) in [6.45, 7) is 3.95. The Hall–Kier alpha value is -3.26. The molecule has 3 rings (SSSR count). The Labute approximate surface area is 187 Å². The van der Waals surface area contributed by atoms with Gasteiger partial charge in [0, 0.05) is 5.69 Å². The second-order valence-electron chi connectivity index (χ2n) is 8.34. The van der Waals surface area contributed by atoms with Crippen molar-refractivity contribution >= 4 is 23.4 Å². The molecule has 1 heterocycles. The Bertz CT molecular complexity index is 949. The summed E-state index contributed by atoms with van der Waals surface area (Å²) in [6.07, 6.45) is 0.950. The van der Waals surface area contributed by atoms with E-state index in [4.69, 9.17) is 5.73 Å². The first-order valence-corrected chi connectivity index (χ1v) is 10.7. The summed E-state index contributed by atoms with van der Waals surface area (Å²) in [5, 5.41) is 5.47. The van der Waals surface area contributed by atoms with Gasteiger partial charge in [-0.3, -0.25) is 14.4 Å². The highest BCUT2D eigenvalue weighted by molar-refractivity contribution is 6.06. The second kappa shape index (κ2) is 10.4. The highest BCUT2D eigenvalue weighted by Crippen LogP contribution is 2.22. The lowest BCUT2D eigenvalue weighted by Gasteiger charge is -2.39. The third kappa shape index (κ3) is 5.70. The van der Waals surface area contributed by atoms with Crippen LogP contribution in [0.1, 0.15) is 25.8 Å². The number of carbonyl (C=O) groups excluding carboxylic acids is 3. The minimum Gasteiger partial charge on any atom is -0.343 e. The van der Waals surface area contributed by atoms with Crippen LogP contribution in [0.25, 0.3) is 0 Å². The Morgan fingerprint density at radius 1 is 1.09 bits per heavy atom. The maximum atomic E-state index is 13.1. The number of nitrogens with two attached hydrogens (primary N) is 1. The van der Waals surface area contributed by atoms with Crippen LogP contribution >= 0.6 is 0 Å². The number of amides is 3. The number of rotatable bonds is 9. The molecule has 0 aromatic heterocycles. The topological polar surface area (TPSA) is 105 Å². The number of hydrogen-bond donors (Lipinski definition) is 3. The summed E-state index contributed by atoms with van der Waals surface area (Å²) < 4.78 is 13.1. The standard InChI is InChI=1S/C24H29FN4O3/c1-15(2)21(26)23(31)27-19(13-8-16-6-4-3-5-7-16)22(30)28-20-14-29(24(20)32)18-11-9-17(25)10-12-18/h3-7,9-12,15,19-21H,8,13-14,26H2,1-2H3,(H,27,31)(H,28,30). The lowest BCUT2D eigenvalue weighted by Crippen LogP contribution is -2.66. The summed E-state index contributed by atoms with van der Waals surface area (Å²) >= 11 is 0. The van der Waals surface area contributed by atoms with E-state index in [0.29, 0.717) is 18.5 Å². The molecule has 0 bridgehead atoms. The number of β-lactam (4-membered cyclic amide) rings is 1. The molecule has 0 aliphatic carbocycles. The third-order valence-electron chi connectivity index (χ3n) is 5.60. The molecule has 1 aliphatic heterocycles. The van der Waals surface area contributed by atoms with E-state index in [2.05, 4.69) is 10.6 Å². The molecule has 0 radical (unpaired) electrons. The van der Waals surface area contributed by atoms with Gasteiger partial charge in [0.05, 0.1) is 12.6 Å².